The molecular formula is C32H46FN. The maximum absolute atomic E-state index is 12.9. The predicted molar refractivity (Wildman–Crippen MR) is 142 cm³/mol. The summed E-state index contributed by atoms with van der Waals surface area (Å²) in [5.74, 6) is 2.66. The zero-order valence-corrected chi connectivity index (χ0v) is 21.5. The summed E-state index contributed by atoms with van der Waals surface area (Å²) in [4.78, 5) is 0. The SMILES string of the molecule is CCCCCc1ccc(CCCC[C@H]2CC[C@H]([C@H]3CC[C@H](C=CC=C(F)C#N)CC3)CC2)cc1. The van der Waals surface area contributed by atoms with E-state index in [2.05, 4.69) is 37.3 Å². The van der Waals surface area contributed by atoms with Gasteiger partial charge in [-0.2, -0.15) is 9.65 Å². The van der Waals surface area contributed by atoms with Crippen LogP contribution < -0.4 is 0 Å². The summed E-state index contributed by atoms with van der Waals surface area (Å²) in [6, 6.07) is 10.9. The Bertz CT molecular complexity index is 783. The van der Waals surface area contributed by atoms with E-state index in [0.717, 1.165) is 17.8 Å². The van der Waals surface area contributed by atoms with Crippen molar-refractivity contribution in [1.82, 2.24) is 0 Å². The molecule has 0 aliphatic heterocycles. The molecule has 2 heteroatoms. The molecule has 2 fully saturated rings. The smallest absolute Gasteiger partial charge is 0.195 e. The molecule has 186 valence electrons. The van der Waals surface area contributed by atoms with Crippen LogP contribution in [-0.2, 0) is 12.8 Å². The lowest BCUT2D eigenvalue weighted by molar-refractivity contribution is 0.151. The van der Waals surface area contributed by atoms with Crippen LogP contribution in [0, 0.1) is 35.0 Å². The van der Waals surface area contributed by atoms with Crippen molar-refractivity contribution in [2.24, 2.45) is 23.7 Å². The molecule has 0 radical (unpaired) electrons. The van der Waals surface area contributed by atoms with Gasteiger partial charge < -0.3 is 0 Å². The molecule has 2 aliphatic carbocycles. The van der Waals surface area contributed by atoms with Crippen LogP contribution in [0.3, 0.4) is 0 Å². The Morgan fingerprint density at radius 3 is 1.97 bits per heavy atom. The summed E-state index contributed by atoms with van der Waals surface area (Å²) in [6.07, 6.45) is 26.5. The van der Waals surface area contributed by atoms with E-state index in [4.69, 9.17) is 5.26 Å². The fourth-order valence-corrected chi connectivity index (χ4v) is 6.31. The molecule has 1 nitrogen and oxygen atoms in total. The van der Waals surface area contributed by atoms with E-state index in [1.54, 1.807) is 6.08 Å². The molecule has 0 atom stereocenters. The highest BCUT2D eigenvalue weighted by molar-refractivity contribution is 5.22. The monoisotopic (exact) mass is 463 g/mol. The molecule has 0 saturated heterocycles. The second-order valence-corrected chi connectivity index (χ2v) is 11.0. The van der Waals surface area contributed by atoms with Gasteiger partial charge in [-0.1, -0.05) is 81.9 Å². The summed E-state index contributed by atoms with van der Waals surface area (Å²) in [7, 11) is 0. The molecule has 1 aromatic carbocycles. The first-order chi connectivity index (χ1) is 16.7. The van der Waals surface area contributed by atoms with Crippen LogP contribution in [-0.4, -0.2) is 0 Å². The maximum Gasteiger partial charge on any atom is 0.199 e. The summed E-state index contributed by atoms with van der Waals surface area (Å²) in [5.41, 5.74) is 3.02. The van der Waals surface area contributed by atoms with Crippen molar-refractivity contribution < 1.29 is 4.39 Å². The van der Waals surface area contributed by atoms with E-state index < -0.39 is 5.83 Å². The number of nitrogens with zero attached hydrogens (tertiary/aromatic N) is 1. The number of hydrogen-bond donors (Lipinski definition) is 0. The number of nitriles is 1. The molecule has 1 aromatic rings. The van der Waals surface area contributed by atoms with Crippen molar-refractivity contribution in [2.45, 2.75) is 110 Å². The first-order valence-electron chi connectivity index (χ1n) is 14.2. The zero-order valence-electron chi connectivity index (χ0n) is 21.5. The van der Waals surface area contributed by atoms with Crippen LogP contribution in [0.25, 0.3) is 0 Å². The van der Waals surface area contributed by atoms with E-state index in [9.17, 15) is 4.39 Å². The van der Waals surface area contributed by atoms with Gasteiger partial charge in [0.05, 0.1) is 0 Å². The Hall–Kier alpha value is -1.88. The van der Waals surface area contributed by atoms with Gasteiger partial charge in [0.2, 0.25) is 0 Å². The Labute approximate surface area is 208 Å². The highest BCUT2D eigenvalue weighted by Gasteiger charge is 2.30. The molecule has 0 N–H and O–H groups in total. The summed E-state index contributed by atoms with van der Waals surface area (Å²) in [5, 5.41) is 8.49. The van der Waals surface area contributed by atoms with Crippen molar-refractivity contribution in [3.63, 3.8) is 0 Å². The van der Waals surface area contributed by atoms with Gasteiger partial charge in [0, 0.05) is 0 Å². The first kappa shape index (κ1) is 26.7. The topological polar surface area (TPSA) is 23.8 Å². The van der Waals surface area contributed by atoms with Gasteiger partial charge in [-0.15, -0.1) is 0 Å². The van der Waals surface area contributed by atoms with Crippen LogP contribution in [0.2, 0.25) is 0 Å². The van der Waals surface area contributed by atoms with Crippen molar-refractivity contribution >= 4 is 0 Å². The third kappa shape index (κ3) is 9.40. The number of hydrogen-bond acceptors (Lipinski definition) is 1. The average molecular weight is 464 g/mol. The normalized spacial score (nSPS) is 26.0. The lowest BCUT2D eigenvalue weighted by Crippen LogP contribution is -2.25. The van der Waals surface area contributed by atoms with Gasteiger partial charge >= 0.3 is 0 Å². The fraction of sp³-hybridized carbons (Fsp3) is 0.656. The number of aryl methyl sites for hydroxylation is 2. The molecule has 2 saturated carbocycles. The zero-order chi connectivity index (χ0) is 24.0. The quantitative estimate of drug-likeness (QED) is 0.172. The van der Waals surface area contributed by atoms with Crippen LogP contribution in [0.4, 0.5) is 4.39 Å². The van der Waals surface area contributed by atoms with Crippen molar-refractivity contribution in [1.29, 1.82) is 5.26 Å². The summed E-state index contributed by atoms with van der Waals surface area (Å²) >= 11 is 0. The van der Waals surface area contributed by atoms with E-state index in [-0.39, 0.29) is 0 Å². The minimum absolute atomic E-state index is 0.563. The van der Waals surface area contributed by atoms with Crippen molar-refractivity contribution in [3.8, 4) is 6.07 Å². The van der Waals surface area contributed by atoms with Gasteiger partial charge in [-0.3, -0.25) is 0 Å². The molecule has 0 spiro atoms. The maximum atomic E-state index is 12.9. The van der Waals surface area contributed by atoms with Crippen LogP contribution in [0.1, 0.15) is 108 Å². The highest BCUT2D eigenvalue weighted by Crippen LogP contribution is 2.42. The molecule has 0 heterocycles. The second-order valence-electron chi connectivity index (χ2n) is 11.0. The fourth-order valence-electron chi connectivity index (χ4n) is 6.31. The van der Waals surface area contributed by atoms with Gasteiger partial charge in [0.15, 0.2) is 5.83 Å². The molecule has 0 amide bonds. The minimum atomic E-state index is -0.700. The van der Waals surface area contributed by atoms with E-state index in [0.29, 0.717) is 5.92 Å². The van der Waals surface area contributed by atoms with Crippen LogP contribution in [0.15, 0.2) is 48.3 Å². The van der Waals surface area contributed by atoms with Gasteiger partial charge in [0.1, 0.15) is 6.07 Å². The second kappa shape index (κ2) is 15.2. The van der Waals surface area contributed by atoms with E-state index in [1.165, 1.54) is 126 Å². The predicted octanol–water partition coefficient (Wildman–Crippen LogP) is 9.68. The molecule has 34 heavy (non-hydrogen) atoms. The molecule has 0 unspecified atom stereocenters. The number of benzene rings is 1. The number of unbranched alkanes of at least 4 members (excludes halogenated alkanes) is 3. The summed E-state index contributed by atoms with van der Waals surface area (Å²) < 4.78 is 12.9. The standard InChI is InChI=1S/C32H46FN/c1-2-3-4-8-26-13-15-27(16-14-26)9-5-6-10-28-17-21-30(22-18-28)31-23-19-29(20-24-31)11-7-12-32(33)25-34/h7,11-16,28-31H,2-6,8-10,17-24H2,1H3/t28-,29-,30-,31-. The van der Waals surface area contributed by atoms with E-state index in [1.807, 2.05) is 0 Å². The Balaban J connectivity index is 1.26. The number of allylic oxidation sites excluding steroid dienone is 4. The lowest BCUT2D eigenvalue weighted by atomic mass is 9.68. The van der Waals surface area contributed by atoms with Crippen LogP contribution >= 0.6 is 0 Å². The van der Waals surface area contributed by atoms with Crippen LogP contribution in [0.5, 0.6) is 0 Å². The molecule has 2 aliphatic rings. The third-order valence-electron chi connectivity index (χ3n) is 8.53. The molecule has 0 bridgehead atoms. The first-order valence-corrected chi connectivity index (χ1v) is 14.2. The molecule has 3 rings (SSSR count). The lowest BCUT2D eigenvalue weighted by Gasteiger charge is -2.37. The number of halogens is 1. The van der Waals surface area contributed by atoms with Gasteiger partial charge in [-0.25, -0.2) is 0 Å². The Morgan fingerprint density at radius 2 is 1.41 bits per heavy atom. The average Bonchev–Trinajstić information content (AvgIpc) is 2.88. The Kier molecular flexibility index (Phi) is 11.9. The molecule has 0 aromatic heterocycles. The molecular weight excluding hydrogens is 417 g/mol. The Morgan fingerprint density at radius 1 is 0.853 bits per heavy atom. The van der Waals surface area contributed by atoms with Crippen molar-refractivity contribution in [2.75, 3.05) is 0 Å². The minimum Gasteiger partial charge on any atom is -0.195 e. The van der Waals surface area contributed by atoms with Gasteiger partial charge in [-0.05, 0) is 105 Å². The van der Waals surface area contributed by atoms with E-state index >= 15 is 0 Å². The van der Waals surface area contributed by atoms with Gasteiger partial charge in [0.25, 0.3) is 0 Å². The van der Waals surface area contributed by atoms with Crippen molar-refractivity contribution in [3.05, 3.63) is 59.4 Å². The largest absolute Gasteiger partial charge is 0.199 e. The summed E-state index contributed by atoms with van der Waals surface area (Å²) in [6.45, 7) is 2.27. The highest BCUT2D eigenvalue weighted by atomic mass is 19.1. The number of rotatable bonds is 12. The third-order valence-corrected chi connectivity index (χ3v) is 8.53.